The van der Waals surface area contributed by atoms with Crippen molar-refractivity contribution >= 4 is 5.91 Å². The summed E-state index contributed by atoms with van der Waals surface area (Å²) in [5, 5.41) is 3.53. The molecule has 1 fully saturated rings. The number of hydrogen-bond donors (Lipinski definition) is 1. The van der Waals surface area contributed by atoms with Crippen molar-refractivity contribution in [3.8, 4) is 11.8 Å². The van der Waals surface area contributed by atoms with Gasteiger partial charge in [-0.3, -0.25) is 4.79 Å². The van der Waals surface area contributed by atoms with Gasteiger partial charge in [0.2, 0.25) is 5.91 Å². The van der Waals surface area contributed by atoms with Crippen LogP contribution in [0, 0.1) is 29.6 Å². The minimum atomic E-state index is 0.271. The van der Waals surface area contributed by atoms with Gasteiger partial charge in [-0.15, -0.1) is 11.8 Å². The third-order valence-electron chi connectivity index (χ3n) is 6.59. The largest absolute Gasteiger partial charge is 0.343 e. The lowest BCUT2D eigenvalue weighted by Crippen LogP contribution is -2.41. The molecule has 3 atom stereocenters. The van der Waals surface area contributed by atoms with Crippen LogP contribution in [-0.4, -0.2) is 37.0 Å². The molecule has 1 amide bonds. The van der Waals surface area contributed by atoms with Crippen LogP contribution in [0.2, 0.25) is 0 Å². The molecule has 1 aliphatic rings. The number of carbonyl (C=O) groups excluding carboxylic acids is 1. The smallest absolute Gasteiger partial charge is 0.225 e. The molecule has 0 saturated heterocycles. The van der Waals surface area contributed by atoms with Crippen molar-refractivity contribution in [1.29, 1.82) is 0 Å². The summed E-state index contributed by atoms with van der Waals surface area (Å²) in [6, 6.07) is 0.384. The number of nitrogens with one attached hydrogen (secondary N) is 1. The molecule has 0 aromatic rings. The third-order valence-corrected chi connectivity index (χ3v) is 6.59. The second kappa shape index (κ2) is 29.2. The molecule has 0 aromatic heterocycles. The molecule has 0 heterocycles. The summed E-state index contributed by atoms with van der Waals surface area (Å²) in [5.74, 6) is 7.58. The summed E-state index contributed by atoms with van der Waals surface area (Å²) in [7, 11) is 2.03. The number of rotatable bonds is 11. The van der Waals surface area contributed by atoms with Crippen LogP contribution in [-0.2, 0) is 4.79 Å². The van der Waals surface area contributed by atoms with Gasteiger partial charge in [-0.25, -0.2) is 0 Å². The Morgan fingerprint density at radius 3 is 2.03 bits per heavy atom. The van der Waals surface area contributed by atoms with Crippen molar-refractivity contribution in [3.63, 3.8) is 0 Å². The fourth-order valence-electron chi connectivity index (χ4n) is 4.06. The lowest BCUT2D eigenvalue weighted by atomic mass is 9.96. The molecule has 1 aliphatic carbocycles. The van der Waals surface area contributed by atoms with E-state index in [0.29, 0.717) is 11.9 Å². The van der Waals surface area contributed by atoms with Crippen LogP contribution in [0.1, 0.15) is 134 Å². The van der Waals surface area contributed by atoms with Gasteiger partial charge < -0.3 is 10.2 Å². The summed E-state index contributed by atoms with van der Waals surface area (Å²) < 4.78 is 0. The normalized spacial score (nSPS) is 16.9. The van der Waals surface area contributed by atoms with Gasteiger partial charge in [-0.1, -0.05) is 96.8 Å². The minimum absolute atomic E-state index is 0.271. The molecular formula is C36H68N2O. The predicted octanol–water partition coefficient (Wildman–Crippen LogP) is 10.00. The van der Waals surface area contributed by atoms with Crippen LogP contribution in [0.5, 0.6) is 0 Å². The summed E-state index contributed by atoms with van der Waals surface area (Å²) >= 11 is 0. The van der Waals surface area contributed by atoms with Gasteiger partial charge in [0.15, 0.2) is 0 Å². The molecule has 2 unspecified atom stereocenters. The number of allylic oxidation sites excluding steroid dienone is 5. The fraction of sp³-hybridized carbons (Fsp3) is 0.750. The van der Waals surface area contributed by atoms with Crippen LogP contribution < -0.4 is 5.32 Å². The van der Waals surface area contributed by atoms with Crippen molar-refractivity contribution in [2.24, 2.45) is 17.8 Å². The molecule has 1 saturated carbocycles. The zero-order chi connectivity index (χ0) is 30.6. The zero-order valence-electron chi connectivity index (χ0n) is 28.4. The Balaban J connectivity index is -0.000000664. The standard InChI is InChI=1S/C20H40N2O.C9H14.C4H6.C3H8/c1-6-19(13-15-21-14-12-16(2)3)22(5)20(23)18-9-7-8-17(4)10-11-18;1-8(2)6-5-7-9(3)4;1-3-4-2;1-3-2/h16-19,21H,6-15H2,1-5H3;5-7H,1H2,2-4H3;1-2H3;3H2,1-2H3/b;6-5-;;/t17-,18?,19?;;;/m1.../s1. The maximum Gasteiger partial charge on any atom is 0.225 e. The second-order valence-corrected chi connectivity index (χ2v) is 11.7. The first kappa shape index (κ1) is 41.7. The number of nitrogens with zero attached hydrogens (tertiary/aromatic N) is 1. The summed E-state index contributed by atoms with van der Waals surface area (Å²) in [6.45, 7) is 28.9. The van der Waals surface area contributed by atoms with Crippen molar-refractivity contribution in [3.05, 3.63) is 36.0 Å². The van der Waals surface area contributed by atoms with Crippen LogP contribution in [0.4, 0.5) is 0 Å². The highest BCUT2D eigenvalue weighted by atomic mass is 16.2. The Labute approximate surface area is 246 Å². The van der Waals surface area contributed by atoms with Crippen LogP contribution in [0.3, 0.4) is 0 Å². The van der Waals surface area contributed by atoms with E-state index in [4.69, 9.17) is 0 Å². The molecule has 0 radical (unpaired) electrons. The fourth-order valence-corrected chi connectivity index (χ4v) is 4.06. The Hall–Kier alpha value is -1.79. The highest BCUT2D eigenvalue weighted by Crippen LogP contribution is 2.28. The van der Waals surface area contributed by atoms with Gasteiger partial charge in [-0.2, -0.15) is 0 Å². The van der Waals surface area contributed by atoms with E-state index >= 15 is 0 Å². The summed E-state index contributed by atoms with van der Waals surface area (Å²) in [5.41, 5.74) is 2.40. The first-order valence-corrected chi connectivity index (χ1v) is 15.7. The Morgan fingerprint density at radius 1 is 1.00 bits per heavy atom. The molecule has 0 aromatic carbocycles. The van der Waals surface area contributed by atoms with Gasteiger partial charge in [0, 0.05) is 19.0 Å². The molecule has 1 N–H and O–H groups in total. The highest BCUT2D eigenvalue weighted by Gasteiger charge is 2.27. The molecule has 1 rings (SSSR count). The van der Waals surface area contributed by atoms with Gasteiger partial charge >= 0.3 is 0 Å². The quantitative estimate of drug-likeness (QED) is 0.121. The van der Waals surface area contributed by atoms with Crippen molar-refractivity contribution in [2.75, 3.05) is 20.1 Å². The van der Waals surface area contributed by atoms with Crippen LogP contribution >= 0.6 is 0 Å². The van der Waals surface area contributed by atoms with Gasteiger partial charge in [0.05, 0.1) is 0 Å². The maximum absolute atomic E-state index is 12.8. The van der Waals surface area contributed by atoms with E-state index in [-0.39, 0.29) is 5.92 Å². The first-order chi connectivity index (χ1) is 18.4. The first-order valence-electron chi connectivity index (χ1n) is 15.7. The predicted molar refractivity (Wildman–Crippen MR) is 178 cm³/mol. The van der Waals surface area contributed by atoms with E-state index < -0.39 is 0 Å². The zero-order valence-corrected chi connectivity index (χ0v) is 28.4. The topological polar surface area (TPSA) is 32.3 Å². The van der Waals surface area contributed by atoms with E-state index in [0.717, 1.165) is 56.2 Å². The van der Waals surface area contributed by atoms with Crippen LogP contribution in [0.25, 0.3) is 0 Å². The average molecular weight is 545 g/mol. The lowest BCUT2D eigenvalue weighted by Gasteiger charge is -2.31. The van der Waals surface area contributed by atoms with E-state index in [1.54, 1.807) is 0 Å². The molecule has 228 valence electrons. The van der Waals surface area contributed by atoms with Crippen molar-refractivity contribution in [1.82, 2.24) is 10.2 Å². The van der Waals surface area contributed by atoms with Gasteiger partial charge in [0.1, 0.15) is 0 Å². The molecule has 0 spiro atoms. The highest BCUT2D eigenvalue weighted by molar-refractivity contribution is 5.78. The monoisotopic (exact) mass is 545 g/mol. The minimum Gasteiger partial charge on any atom is -0.343 e. The average Bonchev–Trinajstić information content (AvgIpc) is 3.10. The van der Waals surface area contributed by atoms with Gasteiger partial charge in [-0.05, 0) is 98.1 Å². The Morgan fingerprint density at radius 2 is 1.56 bits per heavy atom. The molecule has 39 heavy (non-hydrogen) atoms. The molecule has 0 aliphatic heterocycles. The maximum atomic E-state index is 12.8. The SMILES string of the molecule is C=C(C)/C=C\C=C(C)C.CC#CC.CCC.CCC(CCNCCC(C)C)N(C)C(=O)C1CCC[C@@H](C)CC1. The number of hydrogen-bond acceptors (Lipinski definition) is 2. The van der Waals surface area contributed by atoms with E-state index in [1.807, 2.05) is 40.0 Å². The van der Waals surface area contributed by atoms with Crippen LogP contribution in [0.15, 0.2) is 36.0 Å². The van der Waals surface area contributed by atoms with Crippen molar-refractivity contribution < 1.29 is 4.79 Å². The number of carbonyl (C=O) groups is 1. The Bertz CT molecular complexity index is 697. The number of amides is 1. The molecular weight excluding hydrogens is 476 g/mol. The lowest BCUT2D eigenvalue weighted by molar-refractivity contribution is -0.137. The van der Waals surface area contributed by atoms with E-state index in [9.17, 15) is 4.79 Å². The summed E-state index contributed by atoms with van der Waals surface area (Å²) in [4.78, 5) is 14.9. The van der Waals surface area contributed by atoms with E-state index in [2.05, 4.69) is 90.1 Å². The van der Waals surface area contributed by atoms with E-state index in [1.165, 1.54) is 37.7 Å². The molecule has 3 nitrogen and oxygen atoms in total. The molecule has 0 bridgehead atoms. The molecule has 3 heteroatoms. The second-order valence-electron chi connectivity index (χ2n) is 11.7. The Kier molecular flexibility index (Phi) is 31.2. The van der Waals surface area contributed by atoms with Crippen molar-refractivity contribution in [2.45, 2.75) is 140 Å². The summed E-state index contributed by atoms with van der Waals surface area (Å²) in [6.07, 6.45) is 16.6. The third kappa shape index (κ3) is 29.0. The van der Waals surface area contributed by atoms with Gasteiger partial charge in [0.25, 0.3) is 0 Å².